The molecule has 1 aromatic carbocycles. The Morgan fingerprint density at radius 2 is 2.07 bits per heavy atom. The zero-order valence-corrected chi connectivity index (χ0v) is 9.70. The van der Waals surface area contributed by atoms with Crippen molar-refractivity contribution in [3.05, 3.63) is 28.3 Å². The van der Waals surface area contributed by atoms with Gasteiger partial charge in [0.2, 0.25) is 0 Å². The second-order valence-corrected chi connectivity index (χ2v) is 5.57. The molecule has 0 aromatic heterocycles. The van der Waals surface area contributed by atoms with E-state index < -0.39 is 9.05 Å². The topological polar surface area (TPSA) is 84.0 Å². The van der Waals surface area contributed by atoms with Crippen LogP contribution in [0.4, 0.5) is 0 Å². The molecule has 80 valence electrons. The van der Waals surface area contributed by atoms with Crippen molar-refractivity contribution in [2.45, 2.75) is 11.4 Å². The second-order valence-electron chi connectivity index (χ2n) is 2.66. The third kappa shape index (κ3) is 2.41. The summed E-state index contributed by atoms with van der Waals surface area (Å²) in [6.07, 6.45) is 0. The van der Waals surface area contributed by atoms with Gasteiger partial charge in [-0.1, -0.05) is 11.6 Å². The molecule has 7 heteroatoms. The lowest BCUT2D eigenvalue weighted by atomic mass is 10.1. The number of hydrogen-bond donors (Lipinski definition) is 1. The van der Waals surface area contributed by atoms with E-state index >= 15 is 0 Å². The van der Waals surface area contributed by atoms with Crippen LogP contribution in [0.2, 0.25) is 5.02 Å². The highest BCUT2D eigenvalue weighted by Gasteiger charge is 2.21. The zero-order chi connectivity index (χ0) is 11.6. The normalized spacial score (nSPS) is 11.1. The number of nitriles is 1. The van der Waals surface area contributed by atoms with E-state index in [0.29, 0.717) is 0 Å². The van der Waals surface area contributed by atoms with E-state index in [1.165, 1.54) is 12.1 Å². The number of benzene rings is 1. The van der Waals surface area contributed by atoms with Gasteiger partial charge in [-0.25, -0.2) is 8.42 Å². The zero-order valence-electron chi connectivity index (χ0n) is 7.37. The van der Waals surface area contributed by atoms with E-state index in [-0.39, 0.29) is 27.6 Å². The van der Waals surface area contributed by atoms with Crippen molar-refractivity contribution >= 4 is 31.3 Å². The van der Waals surface area contributed by atoms with E-state index in [9.17, 15) is 8.42 Å². The summed E-state index contributed by atoms with van der Waals surface area (Å²) in [6, 6.07) is 4.52. The Balaban J connectivity index is 3.71. The molecule has 0 spiro atoms. The summed E-state index contributed by atoms with van der Waals surface area (Å²) in [5.41, 5.74) is 5.65. The van der Waals surface area contributed by atoms with Crippen LogP contribution in [0.15, 0.2) is 17.0 Å². The van der Waals surface area contributed by atoms with Crippen LogP contribution in [0.5, 0.6) is 0 Å². The molecule has 0 bridgehead atoms. The number of hydrogen-bond acceptors (Lipinski definition) is 4. The fourth-order valence-corrected chi connectivity index (χ4v) is 3.09. The van der Waals surface area contributed by atoms with Gasteiger partial charge in [0.1, 0.15) is 4.90 Å². The maximum absolute atomic E-state index is 11.2. The van der Waals surface area contributed by atoms with Gasteiger partial charge in [-0.15, -0.1) is 0 Å². The molecule has 0 saturated heterocycles. The minimum absolute atomic E-state index is 0.0375. The third-order valence-electron chi connectivity index (χ3n) is 1.78. The van der Waals surface area contributed by atoms with Crippen molar-refractivity contribution < 1.29 is 8.42 Å². The first-order valence-electron chi connectivity index (χ1n) is 3.78. The van der Waals surface area contributed by atoms with Crippen LogP contribution in [-0.4, -0.2) is 8.42 Å². The van der Waals surface area contributed by atoms with Crippen molar-refractivity contribution in [2.24, 2.45) is 5.73 Å². The Labute approximate surface area is 96.6 Å². The maximum atomic E-state index is 11.2. The Bertz CT molecular complexity index is 534. The largest absolute Gasteiger partial charge is 0.326 e. The van der Waals surface area contributed by atoms with Gasteiger partial charge in [-0.2, -0.15) is 5.26 Å². The molecule has 0 aliphatic rings. The first-order valence-corrected chi connectivity index (χ1v) is 6.46. The molecule has 4 nitrogen and oxygen atoms in total. The lowest BCUT2D eigenvalue weighted by Gasteiger charge is -2.08. The Morgan fingerprint density at radius 3 is 2.47 bits per heavy atom. The van der Waals surface area contributed by atoms with E-state index in [0.717, 1.165) is 0 Å². The average molecular weight is 265 g/mol. The van der Waals surface area contributed by atoms with E-state index in [2.05, 4.69) is 0 Å². The van der Waals surface area contributed by atoms with E-state index in [4.69, 9.17) is 33.3 Å². The standard InChI is InChI=1S/C8H6Cl2N2O2S/c9-7-2-1-5(3-11)6(4-12)8(7)15(10,13)14/h1-2H,4,12H2. The molecule has 0 fully saturated rings. The number of nitrogens with zero attached hydrogens (tertiary/aromatic N) is 1. The van der Waals surface area contributed by atoms with Gasteiger partial charge in [0.25, 0.3) is 9.05 Å². The molecular formula is C8H6Cl2N2O2S. The fourth-order valence-electron chi connectivity index (χ4n) is 1.17. The highest BCUT2D eigenvalue weighted by molar-refractivity contribution is 8.13. The van der Waals surface area contributed by atoms with Crippen LogP contribution < -0.4 is 5.73 Å². The van der Waals surface area contributed by atoms with Crippen LogP contribution in [0.1, 0.15) is 11.1 Å². The molecule has 0 radical (unpaired) electrons. The van der Waals surface area contributed by atoms with Crippen LogP contribution in [0, 0.1) is 11.3 Å². The SMILES string of the molecule is N#Cc1ccc(Cl)c(S(=O)(=O)Cl)c1CN. The third-order valence-corrected chi connectivity index (χ3v) is 3.62. The Kier molecular flexibility index (Phi) is 3.58. The number of nitrogens with two attached hydrogens (primary N) is 1. The van der Waals surface area contributed by atoms with Gasteiger partial charge in [-0.05, 0) is 12.1 Å². The van der Waals surface area contributed by atoms with Gasteiger partial charge < -0.3 is 5.73 Å². The molecule has 15 heavy (non-hydrogen) atoms. The molecule has 0 saturated carbocycles. The van der Waals surface area contributed by atoms with Crippen molar-refractivity contribution in [2.75, 3.05) is 0 Å². The number of halogens is 2. The Morgan fingerprint density at radius 1 is 1.47 bits per heavy atom. The molecule has 2 N–H and O–H groups in total. The first kappa shape index (κ1) is 12.3. The summed E-state index contributed by atoms with van der Waals surface area (Å²) >= 11 is 5.69. The van der Waals surface area contributed by atoms with Gasteiger partial charge in [0.05, 0.1) is 16.7 Å². The molecule has 1 rings (SSSR count). The van der Waals surface area contributed by atoms with Crippen LogP contribution in [0.3, 0.4) is 0 Å². The van der Waals surface area contributed by atoms with Crippen molar-refractivity contribution in [3.8, 4) is 6.07 Å². The average Bonchev–Trinajstić information content (AvgIpc) is 2.15. The summed E-state index contributed by atoms with van der Waals surface area (Å²) < 4.78 is 22.4. The predicted octanol–water partition coefficient (Wildman–Crippen LogP) is 1.60. The summed E-state index contributed by atoms with van der Waals surface area (Å²) in [4.78, 5) is -0.285. The highest BCUT2D eigenvalue weighted by Crippen LogP contribution is 2.30. The molecule has 0 amide bonds. The van der Waals surface area contributed by atoms with Crippen LogP contribution in [-0.2, 0) is 15.6 Å². The van der Waals surface area contributed by atoms with Crippen molar-refractivity contribution in [1.82, 2.24) is 0 Å². The number of rotatable bonds is 2. The van der Waals surface area contributed by atoms with Crippen molar-refractivity contribution in [3.63, 3.8) is 0 Å². The Hall–Kier alpha value is -0.800. The molecule has 0 unspecified atom stereocenters. The van der Waals surface area contributed by atoms with Crippen molar-refractivity contribution in [1.29, 1.82) is 5.26 Å². The van der Waals surface area contributed by atoms with E-state index in [1.54, 1.807) is 0 Å². The van der Waals surface area contributed by atoms with Crippen LogP contribution in [0.25, 0.3) is 0 Å². The van der Waals surface area contributed by atoms with Gasteiger partial charge in [-0.3, -0.25) is 0 Å². The van der Waals surface area contributed by atoms with Gasteiger partial charge in [0.15, 0.2) is 0 Å². The van der Waals surface area contributed by atoms with E-state index in [1.807, 2.05) is 6.07 Å². The summed E-state index contributed by atoms with van der Waals surface area (Å²) in [7, 11) is 1.20. The quantitative estimate of drug-likeness (QED) is 0.823. The fraction of sp³-hybridized carbons (Fsp3) is 0.125. The highest BCUT2D eigenvalue weighted by atomic mass is 35.7. The predicted molar refractivity (Wildman–Crippen MR) is 57.1 cm³/mol. The molecule has 0 aliphatic carbocycles. The van der Waals surface area contributed by atoms with Gasteiger partial charge in [0, 0.05) is 22.8 Å². The molecule has 0 heterocycles. The minimum atomic E-state index is -4.00. The maximum Gasteiger partial charge on any atom is 0.263 e. The van der Waals surface area contributed by atoms with Gasteiger partial charge >= 0.3 is 0 Å². The first-order chi connectivity index (χ1) is 6.91. The second kappa shape index (κ2) is 4.37. The molecule has 0 aliphatic heterocycles. The minimum Gasteiger partial charge on any atom is -0.326 e. The molecule has 1 aromatic rings. The summed E-state index contributed by atoms with van der Waals surface area (Å²) in [5, 5.41) is 8.71. The summed E-state index contributed by atoms with van der Waals surface area (Å²) in [6.45, 7) is -0.120. The molecular weight excluding hydrogens is 259 g/mol. The van der Waals surface area contributed by atoms with Crippen LogP contribution >= 0.6 is 22.3 Å². The summed E-state index contributed by atoms with van der Waals surface area (Å²) in [5.74, 6) is 0. The monoisotopic (exact) mass is 264 g/mol. The lowest BCUT2D eigenvalue weighted by Crippen LogP contribution is -2.07. The molecule has 0 atom stereocenters. The lowest BCUT2D eigenvalue weighted by molar-refractivity contribution is 0.608. The smallest absolute Gasteiger partial charge is 0.263 e.